The van der Waals surface area contributed by atoms with Gasteiger partial charge in [0.05, 0.1) is 21.1 Å². The Labute approximate surface area is 237 Å². The van der Waals surface area contributed by atoms with E-state index in [0.717, 1.165) is 10.1 Å². The molecule has 40 heavy (non-hydrogen) atoms. The van der Waals surface area contributed by atoms with Crippen LogP contribution in [0.1, 0.15) is 49.6 Å². The van der Waals surface area contributed by atoms with Gasteiger partial charge in [0.15, 0.2) is 11.6 Å². The van der Waals surface area contributed by atoms with E-state index in [1.807, 2.05) is 0 Å². The molecule has 0 aliphatic rings. The fraction of sp³-hybridized carbons (Fsp3) is 0.138. The number of aryl methyl sites for hydroxylation is 1. The summed E-state index contributed by atoms with van der Waals surface area (Å²) in [4.78, 5) is 62.2. The molecule has 0 saturated carbocycles. The van der Waals surface area contributed by atoms with Crippen LogP contribution in [0, 0.1) is 0 Å². The van der Waals surface area contributed by atoms with Gasteiger partial charge in [-0.1, -0.05) is 53.5 Å². The number of rotatable bonds is 11. The fourth-order valence-electron chi connectivity index (χ4n) is 4.30. The number of halogens is 2. The number of nitrogens with zero attached hydrogens (tertiary/aromatic N) is 1. The van der Waals surface area contributed by atoms with E-state index in [1.165, 1.54) is 24.3 Å². The number of carboxylic acids is 1. The molecule has 3 N–H and O–H groups in total. The number of phenols is 1. The van der Waals surface area contributed by atoms with Crippen LogP contribution in [0.4, 0.5) is 0 Å². The van der Waals surface area contributed by atoms with E-state index < -0.39 is 30.1 Å². The molecule has 1 unspecified atom stereocenters. The quantitative estimate of drug-likeness (QED) is 0.168. The monoisotopic (exact) mass is 580 g/mol. The van der Waals surface area contributed by atoms with Gasteiger partial charge in [-0.15, -0.1) is 0 Å². The highest BCUT2D eigenvalue weighted by molar-refractivity contribution is 6.40. The summed E-state index contributed by atoms with van der Waals surface area (Å²) in [5.74, 6) is -3.33. The molecular formula is C29H22Cl2N2O7. The van der Waals surface area contributed by atoms with Gasteiger partial charge in [-0.2, -0.15) is 0 Å². The van der Waals surface area contributed by atoms with Crippen molar-refractivity contribution in [3.63, 3.8) is 0 Å². The van der Waals surface area contributed by atoms with Gasteiger partial charge in [0.25, 0.3) is 5.91 Å². The minimum Gasteiger partial charge on any atom is -0.508 e. The maximum Gasteiger partial charge on any atom is 0.326 e. The van der Waals surface area contributed by atoms with Gasteiger partial charge < -0.3 is 15.5 Å². The first-order valence-electron chi connectivity index (χ1n) is 12.0. The van der Waals surface area contributed by atoms with Crippen LogP contribution in [0.25, 0.3) is 10.9 Å². The third-order valence-electron chi connectivity index (χ3n) is 6.27. The van der Waals surface area contributed by atoms with E-state index in [1.54, 1.807) is 42.5 Å². The average molecular weight is 581 g/mol. The number of benzene rings is 3. The predicted molar refractivity (Wildman–Crippen MR) is 149 cm³/mol. The van der Waals surface area contributed by atoms with Crippen molar-refractivity contribution in [3.05, 3.63) is 99.2 Å². The number of Topliss-reactive ketones (excluding diaryl/α,β-unsaturated/α-hetero) is 2. The van der Waals surface area contributed by atoms with Crippen molar-refractivity contribution in [1.82, 2.24) is 9.88 Å². The first kappa shape index (κ1) is 28.5. The maximum atomic E-state index is 13.1. The lowest BCUT2D eigenvalue weighted by Gasteiger charge is -2.15. The number of para-hydroxylation sites is 1. The lowest BCUT2D eigenvalue weighted by atomic mass is 9.98. The molecule has 1 aromatic heterocycles. The van der Waals surface area contributed by atoms with Crippen molar-refractivity contribution >= 4 is 64.0 Å². The molecular weight excluding hydrogens is 559 g/mol. The number of fused-ring (bicyclic) bond motifs is 1. The van der Waals surface area contributed by atoms with Crippen molar-refractivity contribution in [2.45, 2.75) is 25.3 Å². The van der Waals surface area contributed by atoms with Crippen LogP contribution in [0.3, 0.4) is 0 Å². The van der Waals surface area contributed by atoms with Gasteiger partial charge in [-0.3, -0.25) is 23.7 Å². The van der Waals surface area contributed by atoms with Crippen LogP contribution in [-0.4, -0.2) is 50.7 Å². The maximum absolute atomic E-state index is 13.1. The Morgan fingerprint density at radius 1 is 0.925 bits per heavy atom. The zero-order valence-corrected chi connectivity index (χ0v) is 22.3. The molecule has 9 nitrogen and oxygen atoms in total. The summed E-state index contributed by atoms with van der Waals surface area (Å²) in [5.41, 5.74) is 1.10. The number of hydrogen-bond acceptors (Lipinski definition) is 6. The van der Waals surface area contributed by atoms with Crippen molar-refractivity contribution in [2.24, 2.45) is 0 Å². The molecule has 0 bridgehead atoms. The molecule has 1 amide bonds. The number of amides is 1. The number of nitrogens with one attached hydrogen (secondary N) is 1. The van der Waals surface area contributed by atoms with E-state index >= 15 is 0 Å². The standard InChI is InChI=1S/C29H22Cl2N2O7/c30-20-11-18(25(36)9-8-16-4-3-6-19(35)10-16)12-21(31)27(20)26(37)14-22(29(39)40)32-28(38)24-13-17-5-1-2-7-23(17)33(24)15-34/h1-7,10-13,15,22,35H,8-9,14H2,(H,32,38)(H,39,40). The van der Waals surface area contributed by atoms with E-state index in [2.05, 4.69) is 5.32 Å². The number of ketones is 2. The Morgan fingerprint density at radius 3 is 2.27 bits per heavy atom. The molecule has 204 valence electrons. The molecule has 0 aliphatic heterocycles. The minimum atomic E-state index is -1.66. The molecule has 11 heteroatoms. The lowest BCUT2D eigenvalue weighted by Crippen LogP contribution is -2.43. The Kier molecular flexibility index (Phi) is 8.67. The van der Waals surface area contributed by atoms with Gasteiger partial charge in [-0.05, 0) is 48.4 Å². The van der Waals surface area contributed by atoms with Crippen molar-refractivity contribution in [2.75, 3.05) is 0 Å². The first-order valence-corrected chi connectivity index (χ1v) is 12.8. The van der Waals surface area contributed by atoms with Crippen LogP contribution in [0.5, 0.6) is 5.75 Å². The smallest absolute Gasteiger partial charge is 0.326 e. The zero-order chi connectivity index (χ0) is 29.0. The van der Waals surface area contributed by atoms with Crippen molar-refractivity contribution in [3.8, 4) is 5.75 Å². The van der Waals surface area contributed by atoms with Gasteiger partial charge in [0.2, 0.25) is 6.41 Å². The molecule has 1 atom stereocenters. The Morgan fingerprint density at radius 2 is 1.62 bits per heavy atom. The number of aromatic nitrogens is 1. The van der Waals surface area contributed by atoms with Crippen LogP contribution in [0.2, 0.25) is 10.0 Å². The topological polar surface area (TPSA) is 143 Å². The van der Waals surface area contributed by atoms with Gasteiger partial charge in [-0.25, -0.2) is 4.79 Å². The second-order valence-corrected chi connectivity index (χ2v) is 9.78. The van der Waals surface area contributed by atoms with Crippen LogP contribution < -0.4 is 5.32 Å². The second-order valence-electron chi connectivity index (χ2n) is 8.96. The number of hydrogen-bond donors (Lipinski definition) is 3. The summed E-state index contributed by atoms with van der Waals surface area (Å²) >= 11 is 12.6. The Balaban J connectivity index is 1.49. The molecule has 3 aromatic carbocycles. The Hall–Kier alpha value is -4.47. The largest absolute Gasteiger partial charge is 0.508 e. The third-order valence-corrected chi connectivity index (χ3v) is 6.87. The van der Waals surface area contributed by atoms with Crippen LogP contribution in [0.15, 0.2) is 66.7 Å². The number of aliphatic carboxylic acids is 1. The summed E-state index contributed by atoms with van der Waals surface area (Å²) in [6.45, 7) is 0. The fourth-order valence-corrected chi connectivity index (χ4v) is 5.00. The molecule has 0 aliphatic carbocycles. The number of carbonyl (C=O) groups excluding carboxylic acids is 4. The molecule has 4 aromatic rings. The van der Waals surface area contributed by atoms with E-state index in [0.29, 0.717) is 23.7 Å². The highest BCUT2D eigenvalue weighted by atomic mass is 35.5. The molecule has 1 heterocycles. The third kappa shape index (κ3) is 6.22. The van der Waals surface area contributed by atoms with Crippen LogP contribution in [-0.2, 0) is 16.0 Å². The van der Waals surface area contributed by atoms with E-state index in [9.17, 15) is 34.2 Å². The molecule has 0 radical (unpaired) electrons. The summed E-state index contributed by atoms with van der Waals surface area (Å²) in [7, 11) is 0. The predicted octanol–water partition coefficient (Wildman–Crippen LogP) is 4.96. The zero-order valence-electron chi connectivity index (χ0n) is 20.8. The number of carboxylic acid groups (broad SMARTS) is 1. The second kappa shape index (κ2) is 12.1. The molecule has 0 fully saturated rings. The van der Waals surface area contributed by atoms with Gasteiger partial charge >= 0.3 is 5.97 Å². The summed E-state index contributed by atoms with van der Waals surface area (Å²) in [5, 5.41) is 21.9. The number of carbonyl (C=O) groups is 5. The summed E-state index contributed by atoms with van der Waals surface area (Å²) in [6, 6.07) is 15.6. The lowest BCUT2D eigenvalue weighted by molar-refractivity contribution is -0.139. The van der Waals surface area contributed by atoms with Gasteiger partial charge in [0, 0.05) is 23.8 Å². The summed E-state index contributed by atoms with van der Waals surface area (Å²) < 4.78 is 1.08. The Bertz CT molecular complexity index is 1640. The molecule has 0 spiro atoms. The van der Waals surface area contributed by atoms with Crippen molar-refractivity contribution in [1.29, 1.82) is 0 Å². The number of phenolic OH excluding ortho intramolecular Hbond substituents is 1. The SMILES string of the molecule is O=Cn1c(C(=O)NC(CC(=O)c2c(Cl)cc(C(=O)CCc3cccc(O)c3)cc2Cl)C(=O)O)cc2ccccc21. The van der Waals surface area contributed by atoms with Gasteiger partial charge in [0.1, 0.15) is 17.5 Å². The highest BCUT2D eigenvalue weighted by Gasteiger charge is 2.28. The average Bonchev–Trinajstić information content (AvgIpc) is 3.29. The first-order chi connectivity index (χ1) is 19.1. The minimum absolute atomic E-state index is 0.0842. The number of aromatic hydroxyl groups is 1. The molecule has 4 rings (SSSR count). The van der Waals surface area contributed by atoms with E-state index in [-0.39, 0.29) is 44.8 Å². The van der Waals surface area contributed by atoms with Crippen molar-refractivity contribution < 1.29 is 34.2 Å². The molecule has 0 saturated heterocycles. The van der Waals surface area contributed by atoms with Crippen LogP contribution >= 0.6 is 23.2 Å². The normalized spacial score (nSPS) is 11.7. The highest BCUT2D eigenvalue weighted by Crippen LogP contribution is 2.29. The van der Waals surface area contributed by atoms with E-state index in [4.69, 9.17) is 23.2 Å². The summed E-state index contributed by atoms with van der Waals surface area (Å²) in [6.07, 6.45) is 0.192.